The first-order valence-electron chi connectivity index (χ1n) is 8.08. The summed E-state index contributed by atoms with van der Waals surface area (Å²) in [5, 5.41) is 0. The minimum absolute atomic E-state index is 0.416. The molecule has 0 fully saturated rings. The fraction of sp³-hybridized carbons (Fsp3) is 0.556. The largest absolute Gasteiger partial charge is 0.358 e. The van der Waals surface area contributed by atoms with E-state index in [-0.39, 0.29) is 0 Å². The highest BCUT2D eigenvalue weighted by atomic mass is 15.4. The Morgan fingerprint density at radius 2 is 1.70 bits per heavy atom. The summed E-state index contributed by atoms with van der Waals surface area (Å²) in [6.45, 7) is 7.94. The van der Waals surface area contributed by atoms with Gasteiger partial charge in [0.15, 0.2) is 0 Å². The van der Waals surface area contributed by atoms with E-state index in [1.165, 1.54) is 37.8 Å². The normalized spacial score (nSPS) is 19.5. The molecule has 2 nitrogen and oxygen atoms in total. The summed E-state index contributed by atoms with van der Waals surface area (Å²) in [5.74, 6) is 0. The zero-order valence-electron chi connectivity index (χ0n) is 13.0. The Kier molecular flexibility index (Phi) is 6.13. The second-order valence-corrected chi connectivity index (χ2v) is 5.61. The summed E-state index contributed by atoms with van der Waals surface area (Å²) in [5.41, 5.74) is 1.42. The van der Waals surface area contributed by atoms with Gasteiger partial charge >= 0.3 is 0 Å². The summed E-state index contributed by atoms with van der Waals surface area (Å²) in [6.07, 6.45) is 10.1. The first kappa shape index (κ1) is 15.1. The number of hydrogen-bond donors (Lipinski definition) is 0. The predicted molar refractivity (Wildman–Crippen MR) is 86.4 cm³/mol. The number of hydrogen-bond acceptors (Lipinski definition) is 2. The molecule has 0 radical (unpaired) electrons. The molecule has 2 heteroatoms. The quantitative estimate of drug-likeness (QED) is 0.725. The van der Waals surface area contributed by atoms with Gasteiger partial charge in [-0.05, 0) is 24.6 Å². The van der Waals surface area contributed by atoms with Crippen molar-refractivity contribution in [3.05, 3.63) is 48.2 Å². The standard InChI is InChI=1S/C18H28N2/c1-3-5-13-19-15-10-16-20(14-6-4-2)18(19)17-11-8-7-9-12-17/h7-12,15,18H,3-6,13-14,16H2,1-2H3. The van der Waals surface area contributed by atoms with Gasteiger partial charge in [0.2, 0.25) is 0 Å². The average molecular weight is 272 g/mol. The van der Waals surface area contributed by atoms with Crippen molar-refractivity contribution < 1.29 is 0 Å². The third kappa shape index (κ3) is 3.86. The molecule has 0 aromatic heterocycles. The molecule has 1 aromatic rings. The van der Waals surface area contributed by atoms with E-state index < -0.39 is 0 Å². The van der Waals surface area contributed by atoms with Crippen LogP contribution in [0.25, 0.3) is 0 Å². The lowest BCUT2D eigenvalue weighted by atomic mass is 10.1. The van der Waals surface area contributed by atoms with Gasteiger partial charge in [-0.15, -0.1) is 0 Å². The molecule has 0 amide bonds. The maximum Gasteiger partial charge on any atom is 0.108 e. The highest BCUT2D eigenvalue weighted by molar-refractivity contribution is 5.20. The molecule has 1 unspecified atom stereocenters. The van der Waals surface area contributed by atoms with E-state index >= 15 is 0 Å². The van der Waals surface area contributed by atoms with Crippen LogP contribution in [-0.4, -0.2) is 29.4 Å². The van der Waals surface area contributed by atoms with Crippen LogP contribution in [0.3, 0.4) is 0 Å². The predicted octanol–water partition coefficient (Wildman–Crippen LogP) is 4.42. The molecule has 0 bridgehead atoms. The van der Waals surface area contributed by atoms with Crippen LogP contribution in [0.2, 0.25) is 0 Å². The molecule has 0 saturated heterocycles. The molecule has 0 aliphatic carbocycles. The third-order valence-corrected chi connectivity index (χ3v) is 3.96. The van der Waals surface area contributed by atoms with Crippen molar-refractivity contribution in [3.8, 4) is 0 Å². The number of nitrogens with zero attached hydrogens (tertiary/aromatic N) is 2. The van der Waals surface area contributed by atoms with Crippen LogP contribution in [0.1, 0.15) is 51.3 Å². The van der Waals surface area contributed by atoms with Gasteiger partial charge < -0.3 is 4.90 Å². The minimum atomic E-state index is 0.416. The molecule has 1 atom stereocenters. The van der Waals surface area contributed by atoms with Crippen LogP contribution >= 0.6 is 0 Å². The molecule has 0 spiro atoms. The molecule has 20 heavy (non-hydrogen) atoms. The van der Waals surface area contributed by atoms with Crippen LogP contribution < -0.4 is 0 Å². The van der Waals surface area contributed by atoms with Gasteiger partial charge in [0, 0.05) is 19.6 Å². The lowest BCUT2D eigenvalue weighted by Crippen LogP contribution is -2.43. The van der Waals surface area contributed by atoms with Crippen molar-refractivity contribution in [1.29, 1.82) is 0 Å². The fourth-order valence-electron chi connectivity index (χ4n) is 2.85. The highest BCUT2D eigenvalue weighted by Crippen LogP contribution is 2.28. The first-order chi connectivity index (χ1) is 9.86. The summed E-state index contributed by atoms with van der Waals surface area (Å²) in [7, 11) is 0. The fourth-order valence-corrected chi connectivity index (χ4v) is 2.85. The van der Waals surface area contributed by atoms with Crippen molar-refractivity contribution in [1.82, 2.24) is 9.80 Å². The van der Waals surface area contributed by atoms with Gasteiger partial charge in [0.05, 0.1) is 0 Å². The smallest absolute Gasteiger partial charge is 0.108 e. The van der Waals surface area contributed by atoms with Crippen molar-refractivity contribution in [2.75, 3.05) is 19.6 Å². The van der Waals surface area contributed by atoms with Gasteiger partial charge in [-0.3, -0.25) is 4.90 Å². The average Bonchev–Trinajstić information content (AvgIpc) is 2.51. The molecule has 1 aromatic carbocycles. The Balaban J connectivity index is 2.17. The van der Waals surface area contributed by atoms with E-state index in [0.29, 0.717) is 6.17 Å². The van der Waals surface area contributed by atoms with Crippen molar-refractivity contribution in [2.24, 2.45) is 0 Å². The Hall–Kier alpha value is -1.28. The van der Waals surface area contributed by atoms with Crippen LogP contribution in [0, 0.1) is 0 Å². The Morgan fingerprint density at radius 3 is 2.40 bits per heavy atom. The maximum absolute atomic E-state index is 2.61. The molecule has 1 heterocycles. The van der Waals surface area contributed by atoms with E-state index in [9.17, 15) is 0 Å². The van der Waals surface area contributed by atoms with Crippen molar-refractivity contribution >= 4 is 0 Å². The Bertz CT molecular complexity index is 399. The van der Waals surface area contributed by atoms with Crippen molar-refractivity contribution in [3.63, 3.8) is 0 Å². The zero-order chi connectivity index (χ0) is 14.2. The van der Waals surface area contributed by atoms with Crippen molar-refractivity contribution in [2.45, 2.75) is 45.7 Å². The third-order valence-electron chi connectivity index (χ3n) is 3.96. The number of unbranched alkanes of at least 4 members (excludes halogenated alkanes) is 2. The zero-order valence-corrected chi connectivity index (χ0v) is 13.0. The van der Waals surface area contributed by atoms with Crippen LogP contribution in [0.4, 0.5) is 0 Å². The van der Waals surface area contributed by atoms with Gasteiger partial charge in [-0.2, -0.15) is 0 Å². The molecule has 0 saturated carbocycles. The second kappa shape index (κ2) is 8.11. The minimum Gasteiger partial charge on any atom is -0.358 e. The Morgan fingerprint density at radius 1 is 1.00 bits per heavy atom. The van der Waals surface area contributed by atoms with Gasteiger partial charge in [-0.1, -0.05) is 63.1 Å². The molecule has 2 rings (SSSR count). The van der Waals surface area contributed by atoms with E-state index in [1.807, 2.05) is 0 Å². The summed E-state index contributed by atoms with van der Waals surface area (Å²) in [6, 6.07) is 11.0. The molecular weight excluding hydrogens is 244 g/mol. The van der Waals surface area contributed by atoms with E-state index in [2.05, 4.69) is 66.3 Å². The van der Waals surface area contributed by atoms with Crippen LogP contribution in [0.15, 0.2) is 42.6 Å². The topological polar surface area (TPSA) is 6.48 Å². The summed E-state index contributed by atoms with van der Waals surface area (Å²) < 4.78 is 0. The van der Waals surface area contributed by atoms with E-state index in [0.717, 1.165) is 13.1 Å². The van der Waals surface area contributed by atoms with Gasteiger partial charge in [0.1, 0.15) is 6.17 Å². The molecule has 0 N–H and O–H groups in total. The highest BCUT2D eigenvalue weighted by Gasteiger charge is 2.26. The van der Waals surface area contributed by atoms with Crippen LogP contribution in [-0.2, 0) is 0 Å². The lowest BCUT2D eigenvalue weighted by Gasteiger charge is -2.42. The number of rotatable bonds is 7. The summed E-state index contributed by atoms with van der Waals surface area (Å²) in [4.78, 5) is 5.12. The second-order valence-electron chi connectivity index (χ2n) is 5.61. The SMILES string of the molecule is CCCCN1C=CCN(CCCC)C1c1ccccc1. The van der Waals surface area contributed by atoms with Crippen LogP contribution in [0.5, 0.6) is 0 Å². The number of benzene rings is 1. The summed E-state index contributed by atoms with van der Waals surface area (Å²) >= 11 is 0. The van der Waals surface area contributed by atoms with Gasteiger partial charge in [0.25, 0.3) is 0 Å². The van der Waals surface area contributed by atoms with E-state index in [4.69, 9.17) is 0 Å². The van der Waals surface area contributed by atoms with Gasteiger partial charge in [-0.25, -0.2) is 0 Å². The molecule has 110 valence electrons. The molecule has 1 aliphatic rings. The Labute approximate surface area is 124 Å². The maximum atomic E-state index is 2.61. The molecule has 1 aliphatic heterocycles. The monoisotopic (exact) mass is 272 g/mol. The van der Waals surface area contributed by atoms with E-state index in [1.54, 1.807) is 0 Å². The molecular formula is C18H28N2. The lowest BCUT2D eigenvalue weighted by molar-refractivity contribution is 0.0699. The first-order valence-corrected chi connectivity index (χ1v) is 8.08.